The zero-order chi connectivity index (χ0) is 12.6. The molecule has 1 aromatic heterocycles. The van der Waals surface area contributed by atoms with Crippen LogP contribution < -0.4 is 0 Å². The molecule has 0 saturated carbocycles. The van der Waals surface area contributed by atoms with Crippen molar-refractivity contribution in [3.05, 3.63) is 39.0 Å². The SMILES string of the molecule is Cc1onc(-c2cc(Cl)cc(Br)c2)c1C(=O)O. The molecule has 0 aliphatic heterocycles. The summed E-state index contributed by atoms with van der Waals surface area (Å²) in [5.41, 5.74) is 0.927. The van der Waals surface area contributed by atoms with Gasteiger partial charge in [-0.1, -0.05) is 32.7 Å². The number of nitrogens with zero attached hydrogens (tertiary/aromatic N) is 1. The van der Waals surface area contributed by atoms with E-state index >= 15 is 0 Å². The number of halogens is 2. The van der Waals surface area contributed by atoms with E-state index < -0.39 is 5.97 Å². The molecule has 4 nitrogen and oxygen atoms in total. The van der Waals surface area contributed by atoms with Gasteiger partial charge in [-0.25, -0.2) is 4.79 Å². The van der Waals surface area contributed by atoms with Crippen LogP contribution in [0, 0.1) is 6.92 Å². The summed E-state index contributed by atoms with van der Waals surface area (Å²) in [6, 6.07) is 5.07. The minimum Gasteiger partial charge on any atom is -0.477 e. The molecule has 0 saturated heterocycles. The summed E-state index contributed by atoms with van der Waals surface area (Å²) in [6.45, 7) is 1.56. The monoisotopic (exact) mass is 315 g/mol. The van der Waals surface area contributed by atoms with Crippen LogP contribution in [0.15, 0.2) is 27.2 Å². The van der Waals surface area contributed by atoms with E-state index in [1.165, 1.54) is 0 Å². The van der Waals surface area contributed by atoms with Gasteiger partial charge in [-0.2, -0.15) is 0 Å². The Morgan fingerprint density at radius 2 is 2.18 bits per heavy atom. The third-order valence-corrected chi connectivity index (χ3v) is 2.89. The van der Waals surface area contributed by atoms with Crippen LogP contribution in [0.25, 0.3) is 11.3 Å². The average molecular weight is 317 g/mol. The molecule has 2 aromatic rings. The summed E-state index contributed by atoms with van der Waals surface area (Å²) in [5, 5.41) is 13.3. The number of carboxylic acid groups (broad SMARTS) is 1. The molecule has 0 radical (unpaired) electrons. The van der Waals surface area contributed by atoms with E-state index in [4.69, 9.17) is 21.2 Å². The van der Waals surface area contributed by atoms with Gasteiger partial charge in [-0.05, 0) is 25.1 Å². The van der Waals surface area contributed by atoms with Crippen molar-refractivity contribution in [3.63, 3.8) is 0 Å². The van der Waals surface area contributed by atoms with Crippen molar-refractivity contribution >= 4 is 33.5 Å². The van der Waals surface area contributed by atoms with Gasteiger partial charge in [-0.15, -0.1) is 0 Å². The molecule has 1 heterocycles. The highest BCUT2D eigenvalue weighted by Gasteiger charge is 2.21. The topological polar surface area (TPSA) is 63.3 Å². The smallest absolute Gasteiger partial charge is 0.341 e. The molecule has 0 bridgehead atoms. The van der Waals surface area contributed by atoms with Crippen molar-refractivity contribution in [3.8, 4) is 11.3 Å². The van der Waals surface area contributed by atoms with Gasteiger partial charge in [0.05, 0.1) is 0 Å². The largest absolute Gasteiger partial charge is 0.477 e. The van der Waals surface area contributed by atoms with Crippen molar-refractivity contribution in [2.24, 2.45) is 0 Å². The lowest BCUT2D eigenvalue weighted by Gasteiger charge is -2.00. The Morgan fingerprint density at radius 1 is 1.47 bits per heavy atom. The zero-order valence-corrected chi connectivity index (χ0v) is 11.0. The summed E-state index contributed by atoms with van der Waals surface area (Å²) in [5.74, 6) is -0.807. The summed E-state index contributed by atoms with van der Waals surface area (Å²) in [7, 11) is 0. The fourth-order valence-electron chi connectivity index (χ4n) is 1.51. The Hall–Kier alpha value is -1.33. The molecule has 17 heavy (non-hydrogen) atoms. The van der Waals surface area contributed by atoms with Gasteiger partial charge in [0.1, 0.15) is 17.0 Å². The number of hydrogen-bond acceptors (Lipinski definition) is 3. The fraction of sp³-hybridized carbons (Fsp3) is 0.0909. The van der Waals surface area contributed by atoms with Gasteiger partial charge in [0.15, 0.2) is 0 Å². The minimum atomic E-state index is -1.07. The highest BCUT2D eigenvalue weighted by atomic mass is 79.9. The second-order valence-electron chi connectivity index (χ2n) is 3.43. The Labute approximate surface area is 110 Å². The minimum absolute atomic E-state index is 0.0548. The number of hydrogen-bond donors (Lipinski definition) is 1. The van der Waals surface area contributed by atoms with Crippen molar-refractivity contribution in [1.82, 2.24) is 5.16 Å². The highest BCUT2D eigenvalue weighted by Crippen LogP contribution is 2.30. The fourth-order valence-corrected chi connectivity index (χ4v) is 2.37. The lowest BCUT2D eigenvalue weighted by Crippen LogP contribution is -1.99. The van der Waals surface area contributed by atoms with E-state index in [0.717, 1.165) is 4.47 Å². The predicted octanol–water partition coefficient (Wildman–Crippen LogP) is 3.76. The summed E-state index contributed by atoms with van der Waals surface area (Å²) in [4.78, 5) is 11.1. The predicted molar refractivity (Wildman–Crippen MR) is 66.3 cm³/mol. The van der Waals surface area contributed by atoms with E-state index in [1.54, 1.807) is 25.1 Å². The van der Waals surface area contributed by atoms with Crippen LogP contribution in [-0.2, 0) is 0 Å². The number of carbonyl (C=O) groups is 1. The van der Waals surface area contributed by atoms with E-state index in [1.807, 2.05) is 0 Å². The van der Waals surface area contributed by atoms with Gasteiger partial charge in [0, 0.05) is 15.1 Å². The molecular formula is C11H7BrClNO3. The molecule has 0 spiro atoms. The Balaban J connectivity index is 2.64. The van der Waals surface area contributed by atoms with Crippen molar-refractivity contribution < 1.29 is 14.4 Å². The Kier molecular flexibility index (Phi) is 3.22. The molecule has 1 aromatic carbocycles. The Bertz CT molecular complexity index is 574. The van der Waals surface area contributed by atoms with Crippen molar-refractivity contribution in [1.29, 1.82) is 0 Å². The highest BCUT2D eigenvalue weighted by molar-refractivity contribution is 9.10. The molecule has 0 unspecified atom stereocenters. The van der Waals surface area contributed by atoms with Crippen LogP contribution in [-0.4, -0.2) is 16.2 Å². The first kappa shape index (κ1) is 12.1. The average Bonchev–Trinajstić information content (AvgIpc) is 2.58. The zero-order valence-electron chi connectivity index (χ0n) is 8.70. The maximum absolute atomic E-state index is 11.1. The van der Waals surface area contributed by atoms with Crippen LogP contribution in [0.1, 0.15) is 16.1 Å². The van der Waals surface area contributed by atoms with Gasteiger partial charge >= 0.3 is 5.97 Å². The van der Waals surface area contributed by atoms with Crippen molar-refractivity contribution in [2.45, 2.75) is 6.92 Å². The quantitative estimate of drug-likeness (QED) is 0.916. The molecule has 0 aliphatic carbocycles. The molecule has 2 rings (SSSR count). The number of aromatic carboxylic acids is 1. The van der Waals surface area contributed by atoms with E-state index in [0.29, 0.717) is 10.6 Å². The van der Waals surface area contributed by atoms with Crippen LogP contribution in [0.2, 0.25) is 5.02 Å². The van der Waals surface area contributed by atoms with Gasteiger partial charge in [0.25, 0.3) is 0 Å². The molecule has 0 atom stereocenters. The number of benzene rings is 1. The summed E-state index contributed by atoms with van der Waals surface area (Å²) >= 11 is 9.19. The van der Waals surface area contributed by atoms with Crippen LogP contribution in [0.5, 0.6) is 0 Å². The van der Waals surface area contributed by atoms with Crippen molar-refractivity contribution in [2.75, 3.05) is 0 Å². The maximum atomic E-state index is 11.1. The second kappa shape index (κ2) is 4.50. The van der Waals surface area contributed by atoms with Gasteiger partial charge in [0.2, 0.25) is 0 Å². The lowest BCUT2D eigenvalue weighted by molar-refractivity contribution is 0.0696. The van der Waals surface area contributed by atoms with E-state index in [-0.39, 0.29) is 17.0 Å². The number of aryl methyl sites for hydroxylation is 1. The standard InChI is InChI=1S/C11H7BrClNO3/c1-5-9(11(15)16)10(14-17-5)6-2-7(12)4-8(13)3-6/h2-4H,1H3,(H,15,16). The number of rotatable bonds is 2. The Morgan fingerprint density at radius 3 is 2.76 bits per heavy atom. The third-order valence-electron chi connectivity index (χ3n) is 2.21. The van der Waals surface area contributed by atoms with E-state index in [9.17, 15) is 4.79 Å². The van der Waals surface area contributed by atoms with Crippen LogP contribution in [0.4, 0.5) is 0 Å². The molecule has 0 aliphatic rings. The van der Waals surface area contributed by atoms with Gasteiger partial charge in [-0.3, -0.25) is 0 Å². The first-order valence-electron chi connectivity index (χ1n) is 4.65. The summed E-state index contributed by atoms with van der Waals surface area (Å²) < 4.78 is 5.65. The molecule has 0 fully saturated rings. The van der Waals surface area contributed by atoms with E-state index in [2.05, 4.69) is 21.1 Å². The van der Waals surface area contributed by atoms with Crippen LogP contribution in [0.3, 0.4) is 0 Å². The number of aromatic nitrogens is 1. The summed E-state index contributed by atoms with van der Waals surface area (Å²) in [6.07, 6.45) is 0. The first-order valence-corrected chi connectivity index (χ1v) is 5.82. The molecular weight excluding hydrogens is 309 g/mol. The van der Waals surface area contributed by atoms with Gasteiger partial charge < -0.3 is 9.63 Å². The molecule has 1 N–H and O–H groups in total. The molecule has 6 heteroatoms. The maximum Gasteiger partial charge on any atom is 0.341 e. The first-order chi connectivity index (χ1) is 7.99. The normalized spacial score (nSPS) is 10.5. The second-order valence-corrected chi connectivity index (χ2v) is 4.78. The molecule has 0 amide bonds. The number of carboxylic acids is 1. The third kappa shape index (κ3) is 2.35. The van der Waals surface area contributed by atoms with Crippen LogP contribution >= 0.6 is 27.5 Å². The molecule has 88 valence electrons. The lowest BCUT2D eigenvalue weighted by atomic mass is 10.1.